The maximum atomic E-state index is 12.8. The zero-order chi connectivity index (χ0) is 21.8. The third kappa shape index (κ3) is 5.51. The number of hydrogen-bond donors (Lipinski definition) is 1. The summed E-state index contributed by atoms with van der Waals surface area (Å²) in [6.07, 6.45) is 2.95. The Morgan fingerprint density at radius 1 is 1.10 bits per heavy atom. The van der Waals surface area contributed by atoms with Crippen LogP contribution >= 0.6 is 0 Å². The Bertz CT molecular complexity index is 934. The lowest BCUT2D eigenvalue weighted by Crippen LogP contribution is -2.50. The highest BCUT2D eigenvalue weighted by atomic mass is 19.3. The van der Waals surface area contributed by atoms with Gasteiger partial charge in [-0.3, -0.25) is 9.59 Å². The molecule has 0 aromatic heterocycles. The van der Waals surface area contributed by atoms with E-state index in [0.717, 1.165) is 18.5 Å². The van der Waals surface area contributed by atoms with E-state index >= 15 is 0 Å². The summed E-state index contributed by atoms with van der Waals surface area (Å²) < 4.78 is 35.6. The Morgan fingerprint density at radius 3 is 2.58 bits per heavy atom. The molecule has 164 valence electrons. The number of alkyl halides is 2. The van der Waals surface area contributed by atoms with Crippen molar-refractivity contribution in [3.8, 4) is 11.5 Å². The van der Waals surface area contributed by atoms with E-state index in [1.807, 2.05) is 30.3 Å². The summed E-state index contributed by atoms with van der Waals surface area (Å²) in [5.41, 5.74) is 1.08. The lowest BCUT2D eigenvalue weighted by molar-refractivity contribution is -0.119. The van der Waals surface area contributed by atoms with Crippen molar-refractivity contribution in [3.63, 3.8) is 0 Å². The molecule has 0 unspecified atom stereocenters. The lowest BCUT2D eigenvalue weighted by atomic mass is 10.0. The first kappa shape index (κ1) is 21.1. The van der Waals surface area contributed by atoms with Crippen molar-refractivity contribution < 1.29 is 27.8 Å². The highest BCUT2D eigenvalue weighted by Crippen LogP contribution is 2.34. The summed E-state index contributed by atoms with van der Waals surface area (Å²) in [5, 5.41) is 2.94. The smallest absolute Gasteiger partial charge is 0.387 e. The molecule has 2 aromatic carbocycles. The van der Waals surface area contributed by atoms with Crippen LogP contribution < -0.4 is 19.7 Å². The summed E-state index contributed by atoms with van der Waals surface area (Å²) in [6, 6.07) is 13.3. The molecule has 2 amide bonds. The fourth-order valence-electron chi connectivity index (χ4n) is 3.54. The van der Waals surface area contributed by atoms with Crippen LogP contribution in [0.2, 0.25) is 0 Å². The highest BCUT2D eigenvalue weighted by Gasteiger charge is 2.28. The molecule has 1 heterocycles. The van der Waals surface area contributed by atoms with E-state index in [0.29, 0.717) is 31.9 Å². The first-order chi connectivity index (χ1) is 15.0. The average molecular weight is 430 g/mol. The molecule has 0 bridgehead atoms. The maximum absolute atomic E-state index is 12.8. The maximum Gasteiger partial charge on any atom is 0.387 e. The summed E-state index contributed by atoms with van der Waals surface area (Å²) in [6.45, 7) is -2.21. The molecule has 1 aliphatic carbocycles. The summed E-state index contributed by atoms with van der Waals surface area (Å²) >= 11 is 0. The molecule has 31 heavy (non-hydrogen) atoms. The molecule has 2 aliphatic rings. The molecular weight excluding hydrogens is 406 g/mol. The zero-order valence-corrected chi connectivity index (χ0v) is 16.9. The van der Waals surface area contributed by atoms with Crippen LogP contribution in [0.15, 0.2) is 48.5 Å². The van der Waals surface area contributed by atoms with Gasteiger partial charge in [0, 0.05) is 30.3 Å². The molecule has 8 heteroatoms. The number of hydrogen-bond acceptors (Lipinski definition) is 4. The van der Waals surface area contributed by atoms with Gasteiger partial charge in [0.1, 0.15) is 0 Å². The Kier molecular flexibility index (Phi) is 6.34. The number of nitrogens with zero attached hydrogens (tertiary/aromatic N) is 1. The van der Waals surface area contributed by atoms with Crippen LogP contribution in [0.4, 0.5) is 14.5 Å². The fourth-order valence-corrected chi connectivity index (χ4v) is 3.54. The second-order valence-corrected chi connectivity index (χ2v) is 7.84. The van der Waals surface area contributed by atoms with Gasteiger partial charge in [0.25, 0.3) is 5.91 Å². The molecule has 6 nitrogen and oxygen atoms in total. The standard InChI is InChI=1S/C23H24F2N2O4/c24-23(25)31-19-10-8-16(12-20(19)30-14-15-6-7-15)22(29)26-17-9-11-21(28)27(13-17)18-4-2-1-3-5-18/h1-5,8,10,12,15,17,23H,6-7,9,11,13-14H2,(H,26,29)/t17-/m0/s1. The van der Waals surface area contributed by atoms with Crippen molar-refractivity contribution in [2.45, 2.75) is 38.3 Å². The van der Waals surface area contributed by atoms with E-state index in [9.17, 15) is 18.4 Å². The van der Waals surface area contributed by atoms with E-state index in [2.05, 4.69) is 10.1 Å². The van der Waals surface area contributed by atoms with Gasteiger partial charge in [-0.2, -0.15) is 8.78 Å². The van der Waals surface area contributed by atoms with E-state index in [-0.39, 0.29) is 34.9 Å². The molecule has 2 aromatic rings. The van der Waals surface area contributed by atoms with Gasteiger partial charge in [-0.25, -0.2) is 0 Å². The lowest BCUT2D eigenvalue weighted by Gasteiger charge is -2.33. The van der Waals surface area contributed by atoms with E-state index in [1.54, 1.807) is 4.90 Å². The second kappa shape index (κ2) is 9.32. The molecule has 4 rings (SSSR count). The minimum Gasteiger partial charge on any atom is -0.489 e. The first-order valence-electron chi connectivity index (χ1n) is 10.4. The van der Waals surface area contributed by atoms with E-state index in [4.69, 9.17) is 4.74 Å². The van der Waals surface area contributed by atoms with Crippen LogP contribution in [0.5, 0.6) is 11.5 Å². The molecule has 2 fully saturated rings. The van der Waals surface area contributed by atoms with Gasteiger partial charge < -0.3 is 19.7 Å². The average Bonchev–Trinajstić information content (AvgIpc) is 3.59. The molecule has 0 spiro atoms. The number of halogens is 2. The van der Waals surface area contributed by atoms with Gasteiger partial charge in [0.2, 0.25) is 5.91 Å². The molecule has 1 aliphatic heterocycles. The van der Waals surface area contributed by atoms with Gasteiger partial charge in [-0.15, -0.1) is 0 Å². The van der Waals surface area contributed by atoms with Crippen LogP contribution in [0.1, 0.15) is 36.0 Å². The molecule has 1 saturated heterocycles. The zero-order valence-electron chi connectivity index (χ0n) is 16.9. The third-order valence-corrected chi connectivity index (χ3v) is 5.41. The number of carbonyl (C=O) groups excluding carboxylic acids is 2. The summed E-state index contributed by atoms with van der Waals surface area (Å²) in [7, 11) is 0. The molecule has 0 radical (unpaired) electrons. The first-order valence-corrected chi connectivity index (χ1v) is 10.4. The minimum absolute atomic E-state index is 0.0148. The Balaban J connectivity index is 1.44. The Hall–Kier alpha value is -3.16. The van der Waals surface area contributed by atoms with Crippen molar-refractivity contribution >= 4 is 17.5 Å². The Morgan fingerprint density at radius 2 is 1.87 bits per heavy atom. The van der Waals surface area contributed by atoms with Crippen LogP contribution in [-0.4, -0.2) is 37.6 Å². The number of nitrogens with one attached hydrogen (secondary N) is 1. The second-order valence-electron chi connectivity index (χ2n) is 7.84. The Labute approximate surface area is 179 Å². The molecule has 1 saturated carbocycles. The van der Waals surface area contributed by atoms with Crippen molar-refractivity contribution in [2.75, 3.05) is 18.1 Å². The van der Waals surface area contributed by atoms with Crippen molar-refractivity contribution in [1.29, 1.82) is 0 Å². The number of para-hydroxylation sites is 1. The van der Waals surface area contributed by atoms with E-state index < -0.39 is 6.61 Å². The van der Waals surface area contributed by atoms with Gasteiger partial charge >= 0.3 is 6.61 Å². The quantitative estimate of drug-likeness (QED) is 0.687. The van der Waals surface area contributed by atoms with Crippen LogP contribution in [0.25, 0.3) is 0 Å². The van der Waals surface area contributed by atoms with Gasteiger partial charge in [-0.05, 0) is 55.5 Å². The molecular formula is C23H24F2N2O4. The number of anilines is 1. The predicted octanol–water partition coefficient (Wildman–Crippen LogP) is 4.00. The van der Waals surface area contributed by atoms with Crippen LogP contribution in [-0.2, 0) is 4.79 Å². The SMILES string of the molecule is O=C(N[C@H]1CCC(=O)N(c2ccccc2)C1)c1ccc(OC(F)F)c(OCC2CC2)c1. The number of ether oxygens (including phenoxy) is 2. The van der Waals surface area contributed by atoms with Gasteiger partial charge in [0.15, 0.2) is 11.5 Å². The van der Waals surface area contributed by atoms with Crippen LogP contribution in [0, 0.1) is 5.92 Å². The monoisotopic (exact) mass is 430 g/mol. The minimum atomic E-state index is -2.98. The number of rotatable bonds is 8. The number of carbonyl (C=O) groups is 2. The summed E-state index contributed by atoms with van der Waals surface area (Å²) in [5.74, 6) is 0.115. The summed E-state index contributed by atoms with van der Waals surface area (Å²) in [4.78, 5) is 26.8. The fraction of sp³-hybridized carbons (Fsp3) is 0.391. The topological polar surface area (TPSA) is 67.9 Å². The van der Waals surface area contributed by atoms with Crippen molar-refractivity contribution in [1.82, 2.24) is 5.32 Å². The van der Waals surface area contributed by atoms with Gasteiger partial charge in [-0.1, -0.05) is 18.2 Å². The normalized spacial score (nSPS) is 18.7. The van der Waals surface area contributed by atoms with Crippen molar-refractivity contribution in [2.24, 2.45) is 5.92 Å². The highest BCUT2D eigenvalue weighted by molar-refractivity contribution is 5.97. The van der Waals surface area contributed by atoms with Gasteiger partial charge in [0.05, 0.1) is 6.61 Å². The largest absolute Gasteiger partial charge is 0.489 e. The predicted molar refractivity (Wildman–Crippen MR) is 111 cm³/mol. The number of amides is 2. The molecule has 1 atom stereocenters. The number of piperidine rings is 1. The van der Waals surface area contributed by atoms with E-state index in [1.165, 1.54) is 18.2 Å². The van der Waals surface area contributed by atoms with Crippen LogP contribution in [0.3, 0.4) is 0 Å². The third-order valence-electron chi connectivity index (χ3n) is 5.41. The molecule has 1 N–H and O–H groups in total. The van der Waals surface area contributed by atoms with Crippen molar-refractivity contribution in [3.05, 3.63) is 54.1 Å². The number of benzene rings is 2.